The lowest BCUT2D eigenvalue weighted by Gasteiger charge is -2.40. The van der Waals surface area contributed by atoms with Crippen molar-refractivity contribution in [3.8, 4) is 6.07 Å². The fourth-order valence-electron chi connectivity index (χ4n) is 2.78. The Labute approximate surface area is 93.3 Å². The minimum Gasteiger partial charge on any atom is -0.285 e. The molecule has 1 atom stereocenters. The summed E-state index contributed by atoms with van der Waals surface area (Å²) < 4.78 is 0. The van der Waals surface area contributed by atoms with E-state index < -0.39 is 0 Å². The second-order valence-electron chi connectivity index (χ2n) is 5.65. The number of hydrogen-bond acceptors (Lipinski definition) is 2. The van der Waals surface area contributed by atoms with Gasteiger partial charge in [0, 0.05) is 0 Å². The molecule has 0 spiro atoms. The summed E-state index contributed by atoms with van der Waals surface area (Å²) >= 11 is 0. The van der Waals surface area contributed by atoms with Crippen LogP contribution in [0.3, 0.4) is 0 Å². The highest BCUT2D eigenvalue weighted by Crippen LogP contribution is 2.55. The molecule has 0 N–H and O–H groups in total. The standard InChI is InChI=1S/C13H22N2/c1-12(7-8-12)13(2,11-14)15-9-5-3-4-6-10-15/h3-10H2,1-2H3. The Morgan fingerprint density at radius 2 is 1.67 bits per heavy atom. The highest BCUT2D eigenvalue weighted by atomic mass is 15.2. The first kappa shape index (κ1) is 11.0. The van der Waals surface area contributed by atoms with Gasteiger partial charge in [0.15, 0.2) is 0 Å². The highest BCUT2D eigenvalue weighted by molar-refractivity contribution is 5.20. The van der Waals surface area contributed by atoms with Crippen molar-refractivity contribution in [1.82, 2.24) is 4.90 Å². The van der Waals surface area contributed by atoms with Gasteiger partial charge in [0.2, 0.25) is 0 Å². The summed E-state index contributed by atoms with van der Waals surface area (Å²) in [5, 5.41) is 9.51. The zero-order chi connectivity index (χ0) is 10.9. The summed E-state index contributed by atoms with van der Waals surface area (Å²) in [6.07, 6.45) is 7.69. The van der Waals surface area contributed by atoms with Gasteiger partial charge in [0.25, 0.3) is 0 Å². The lowest BCUT2D eigenvalue weighted by Crippen LogP contribution is -2.51. The third-order valence-corrected chi connectivity index (χ3v) is 4.63. The molecule has 0 bridgehead atoms. The zero-order valence-electron chi connectivity index (χ0n) is 10.1. The number of rotatable bonds is 2. The molecular formula is C13H22N2. The van der Waals surface area contributed by atoms with Gasteiger partial charge in [-0.25, -0.2) is 0 Å². The molecule has 0 amide bonds. The van der Waals surface area contributed by atoms with E-state index in [1.54, 1.807) is 0 Å². The van der Waals surface area contributed by atoms with Gasteiger partial charge < -0.3 is 0 Å². The fourth-order valence-corrected chi connectivity index (χ4v) is 2.78. The van der Waals surface area contributed by atoms with E-state index in [4.69, 9.17) is 0 Å². The Bertz CT molecular complexity index is 267. The molecule has 2 fully saturated rings. The van der Waals surface area contributed by atoms with Gasteiger partial charge in [-0.15, -0.1) is 0 Å². The third-order valence-electron chi connectivity index (χ3n) is 4.63. The van der Waals surface area contributed by atoms with E-state index in [-0.39, 0.29) is 11.0 Å². The Morgan fingerprint density at radius 1 is 1.13 bits per heavy atom. The molecular weight excluding hydrogens is 184 g/mol. The molecule has 2 aliphatic rings. The SMILES string of the molecule is CC1(C(C)(C#N)N2CCCCCC2)CC1. The van der Waals surface area contributed by atoms with Crippen LogP contribution in [0, 0.1) is 16.7 Å². The predicted octanol–water partition coefficient (Wildman–Crippen LogP) is 2.94. The Kier molecular flexibility index (Phi) is 2.77. The van der Waals surface area contributed by atoms with Crippen LogP contribution in [-0.2, 0) is 0 Å². The summed E-state index contributed by atoms with van der Waals surface area (Å²) in [5.41, 5.74) is 0.0590. The number of nitriles is 1. The molecule has 0 aromatic carbocycles. The van der Waals surface area contributed by atoms with E-state index >= 15 is 0 Å². The molecule has 1 saturated carbocycles. The second-order valence-corrected chi connectivity index (χ2v) is 5.65. The van der Waals surface area contributed by atoms with Crippen LogP contribution in [0.15, 0.2) is 0 Å². The molecule has 1 aliphatic heterocycles. The van der Waals surface area contributed by atoms with E-state index in [9.17, 15) is 5.26 Å². The summed E-state index contributed by atoms with van der Waals surface area (Å²) in [7, 11) is 0. The largest absolute Gasteiger partial charge is 0.285 e. The van der Waals surface area contributed by atoms with E-state index in [0.29, 0.717) is 0 Å². The van der Waals surface area contributed by atoms with E-state index in [1.165, 1.54) is 38.5 Å². The minimum atomic E-state index is -0.211. The van der Waals surface area contributed by atoms with Gasteiger partial charge in [-0.05, 0) is 51.1 Å². The number of nitrogens with zero attached hydrogens (tertiary/aromatic N) is 2. The molecule has 0 radical (unpaired) electrons. The molecule has 2 nitrogen and oxygen atoms in total. The summed E-state index contributed by atoms with van der Waals surface area (Å²) in [4.78, 5) is 2.45. The van der Waals surface area contributed by atoms with Crippen molar-refractivity contribution in [3.05, 3.63) is 0 Å². The molecule has 1 aliphatic carbocycles. The first-order valence-corrected chi connectivity index (χ1v) is 6.29. The van der Waals surface area contributed by atoms with Crippen molar-refractivity contribution >= 4 is 0 Å². The van der Waals surface area contributed by atoms with Gasteiger partial charge in [-0.3, -0.25) is 4.90 Å². The predicted molar refractivity (Wildman–Crippen MR) is 61.4 cm³/mol. The van der Waals surface area contributed by atoms with Gasteiger partial charge in [-0.2, -0.15) is 5.26 Å². The fraction of sp³-hybridized carbons (Fsp3) is 0.923. The van der Waals surface area contributed by atoms with Crippen LogP contribution < -0.4 is 0 Å². The van der Waals surface area contributed by atoms with Crippen molar-refractivity contribution in [1.29, 1.82) is 5.26 Å². The average Bonchev–Trinajstić information content (AvgIpc) is 3.01. The maximum absolute atomic E-state index is 9.51. The summed E-state index contributed by atoms with van der Waals surface area (Å²) in [5.74, 6) is 0. The zero-order valence-corrected chi connectivity index (χ0v) is 10.1. The first-order chi connectivity index (χ1) is 7.12. The second kappa shape index (κ2) is 3.79. The molecule has 1 unspecified atom stereocenters. The molecule has 1 heterocycles. The third kappa shape index (κ3) is 1.78. The van der Waals surface area contributed by atoms with Crippen LogP contribution in [0.5, 0.6) is 0 Å². The average molecular weight is 206 g/mol. The smallest absolute Gasteiger partial charge is 0.111 e. The van der Waals surface area contributed by atoms with Crippen molar-refractivity contribution in [2.24, 2.45) is 5.41 Å². The molecule has 1 saturated heterocycles. The van der Waals surface area contributed by atoms with E-state index in [2.05, 4.69) is 24.8 Å². The van der Waals surface area contributed by atoms with Crippen LogP contribution in [0.4, 0.5) is 0 Å². The van der Waals surface area contributed by atoms with Crippen molar-refractivity contribution in [2.45, 2.75) is 57.9 Å². The topological polar surface area (TPSA) is 27.0 Å². The highest BCUT2D eigenvalue weighted by Gasteiger charge is 2.56. The summed E-state index contributed by atoms with van der Waals surface area (Å²) in [6, 6.07) is 2.60. The Hall–Kier alpha value is -0.550. The Balaban J connectivity index is 2.14. The van der Waals surface area contributed by atoms with Crippen LogP contribution in [0.1, 0.15) is 52.4 Å². The minimum absolute atomic E-state index is 0.211. The normalized spacial score (nSPS) is 29.9. The first-order valence-electron chi connectivity index (χ1n) is 6.29. The van der Waals surface area contributed by atoms with Gasteiger partial charge in [0.1, 0.15) is 5.54 Å². The number of hydrogen-bond donors (Lipinski definition) is 0. The Morgan fingerprint density at radius 3 is 2.07 bits per heavy atom. The number of likely N-dealkylation sites (tertiary alicyclic amines) is 1. The van der Waals surface area contributed by atoms with Gasteiger partial charge in [0.05, 0.1) is 6.07 Å². The molecule has 0 aromatic heterocycles. The molecule has 2 rings (SSSR count). The summed E-state index contributed by atoms with van der Waals surface area (Å²) in [6.45, 7) is 6.69. The van der Waals surface area contributed by atoms with Crippen LogP contribution in [0.2, 0.25) is 0 Å². The maximum atomic E-state index is 9.51. The molecule has 84 valence electrons. The monoisotopic (exact) mass is 206 g/mol. The quantitative estimate of drug-likeness (QED) is 0.694. The maximum Gasteiger partial charge on any atom is 0.111 e. The molecule has 0 aromatic rings. The van der Waals surface area contributed by atoms with Gasteiger partial charge >= 0.3 is 0 Å². The van der Waals surface area contributed by atoms with Crippen molar-refractivity contribution < 1.29 is 0 Å². The van der Waals surface area contributed by atoms with Crippen LogP contribution in [-0.4, -0.2) is 23.5 Å². The van der Waals surface area contributed by atoms with E-state index in [1.807, 2.05) is 0 Å². The van der Waals surface area contributed by atoms with Crippen LogP contribution >= 0.6 is 0 Å². The lowest BCUT2D eigenvalue weighted by molar-refractivity contribution is 0.0932. The lowest BCUT2D eigenvalue weighted by atomic mass is 9.83. The van der Waals surface area contributed by atoms with E-state index in [0.717, 1.165) is 13.1 Å². The van der Waals surface area contributed by atoms with Crippen molar-refractivity contribution in [3.63, 3.8) is 0 Å². The van der Waals surface area contributed by atoms with Crippen LogP contribution in [0.25, 0.3) is 0 Å². The van der Waals surface area contributed by atoms with Crippen molar-refractivity contribution in [2.75, 3.05) is 13.1 Å². The molecule has 15 heavy (non-hydrogen) atoms. The van der Waals surface area contributed by atoms with Gasteiger partial charge in [-0.1, -0.05) is 19.8 Å². The molecule has 2 heteroatoms.